The highest BCUT2D eigenvalue weighted by Crippen LogP contribution is 2.16. The molecule has 0 fully saturated rings. The number of likely N-dealkylation sites (N-methyl/N-ethyl adjacent to an activating group) is 1. The highest BCUT2D eigenvalue weighted by atomic mass is 32.1. The van der Waals surface area contributed by atoms with Crippen LogP contribution in [0.2, 0.25) is 0 Å². The molecule has 8 heteroatoms. The number of carbonyl (C=O) groups excluding carboxylic acids is 1. The highest BCUT2D eigenvalue weighted by Gasteiger charge is 2.06. The minimum absolute atomic E-state index is 0.0293. The predicted octanol–water partition coefficient (Wildman–Crippen LogP) is 2.56. The predicted molar refractivity (Wildman–Crippen MR) is 122 cm³/mol. The second-order valence-corrected chi connectivity index (χ2v) is 8.40. The maximum Gasteiger partial charge on any atom is 0.238 e. The average molecular weight is 417 g/mol. The third-order valence-corrected chi connectivity index (χ3v) is 5.27. The summed E-state index contributed by atoms with van der Waals surface area (Å²) in [6.07, 6.45) is 0.872. The Labute approximate surface area is 177 Å². The molecular weight excluding hydrogens is 384 g/mol. The molecule has 0 aliphatic rings. The van der Waals surface area contributed by atoms with Gasteiger partial charge >= 0.3 is 0 Å². The van der Waals surface area contributed by atoms with Crippen LogP contribution in [0.3, 0.4) is 0 Å². The van der Waals surface area contributed by atoms with E-state index in [0.717, 1.165) is 47.4 Å². The molecular formula is C21H32N6OS. The van der Waals surface area contributed by atoms with Crippen molar-refractivity contribution in [1.29, 1.82) is 0 Å². The van der Waals surface area contributed by atoms with Crippen molar-refractivity contribution in [1.82, 2.24) is 20.5 Å². The number of thiazole rings is 1. The summed E-state index contributed by atoms with van der Waals surface area (Å²) >= 11 is 1.75. The lowest BCUT2D eigenvalue weighted by Gasteiger charge is -2.12. The number of guanidine groups is 1. The van der Waals surface area contributed by atoms with Crippen molar-refractivity contribution >= 4 is 28.9 Å². The summed E-state index contributed by atoms with van der Waals surface area (Å²) < 4.78 is 0. The SMILES string of the molecule is CCNC(=NCc1cccc(NC(=O)CN(C)C)c1)NCCc1nc(C)c(C)s1. The third-order valence-electron chi connectivity index (χ3n) is 4.14. The molecule has 0 saturated carbocycles. The Morgan fingerprint density at radius 1 is 1.24 bits per heavy atom. The van der Waals surface area contributed by atoms with Crippen molar-refractivity contribution in [3.8, 4) is 0 Å². The second kappa shape index (κ2) is 11.5. The van der Waals surface area contributed by atoms with Crippen molar-refractivity contribution in [2.75, 3.05) is 39.0 Å². The van der Waals surface area contributed by atoms with Gasteiger partial charge in [-0.2, -0.15) is 0 Å². The van der Waals surface area contributed by atoms with Crippen LogP contribution < -0.4 is 16.0 Å². The topological polar surface area (TPSA) is 81.7 Å². The van der Waals surface area contributed by atoms with Crippen LogP contribution in [0.15, 0.2) is 29.3 Å². The van der Waals surface area contributed by atoms with Gasteiger partial charge in [-0.25, -0.2) is 9.98 Å². The van der Waals surface area contributed by atoms with E-state index in [0.29, 0.717) is 13.1 Å². The van der Waals surface area contributed by atoms with Gasteiger partial charge in [-0.1, -0.05) is 12.1 Å². The van der Waals surface area contributed by atoms with Crippen LogP contribution in [0.1, 0.15) is 28.1 Å². The Morgan fingerprint density at radius 3 is 2.69 bits per heavy atom. The first-order chi connectivity index (χ1) is 13.9. The van der Waals surface area contributed by atoms with Crippen molar-refractivity contribution in [3.63, 3.8) is 0 Å². The molecule has 2 rings (SSSR count). The van der Waals surface area contributed by atoms with Gasteiger partial charge < -0.3 is 20.9 Å². The van der Waals surface area contributed by atoms with E-state index in [1.54, 1.807) is 11.3 Å². The molecule has 0 spiro atoms. The number of aryl methyl sites for hydroxylation is 2. The summed E-state index contributed by atoms with van der Waals surface area (Å²) in [6, 6.07) is 7.80. The van der Waals surface area contributed by atoms with Crippen LogP contribution in [0, 0.1) is 13.8 Å². The zero-order chi connectivity index (χ0) is 21.2. The molecule has 158 valence electrons. The van der Waals surface area contributed by atoms with E-state index < -0.39 is 0 Å². The molecule has 29 heavy (non-hydrogen) atoms. The van der Waals surface area contributed by atoms with Crippen LogP contribution in [0.25, 0.3) is 0 Å². The fraction of sp³-hybridized carbons (Fsp3) is 0.476. The molecule has 1 aromatic heterocycles. The molecule has 0 unspecified atom stereocenters. The molecule has 0 aliphatic carbocycles. The first-order valence-corrected chi connectivity index (χ1v) is 10.7. The minimum atomic E-state index is -0.0293. The van der Waals surface area contributed by atoms with Gasteiger partial charge in [0.05, 0.1) is 23.8 Å². The number of hydrogen-bond donors (Lipinski definition) is 3. The third kappa shape index (κ3) is 8.21. The largest absolute Gasteiger partial charge is 0.357 e. The standard InChI is InChI=1S/C21H32N6OS/c1-6-22-21(23-11-10-20-25-15(2)16(3)29-20)24-13-17-8-7-9-18(12-17)26-19(28)14-27(4)5/h7-9,12H,6,10-11,13-14H2,1-5H3,(H,26,28)(H2,22,23,24). The molecule has 0 saturated heterocycles. The van der Waals surface area contributed by atoms with Gasteiger partial charge in [-0.15, -0.1) is 11.3 Å². The second-order valence-electron chi connectivity index (χ2n) is 7.11. The van der Waals surface area contributed by atoms with Gasteiger partial charge in [-0.3, -0.25) is 4.79 Å². The van der Waals surface area contributed by atoms with Crippen LogP contribution in [-0.4, -0.2) is 55.5 Å². The quantitative estimate of drug-likeness (QED) is 0.432. The summed E-state index contributed by atoms with van der Waals surface area (Å²) in [5, 5.41) is 10.7. The number of rotatable bonds is 9. The number of aliphatic imine (C=N–C) groups is 1. The maximum atomic E-state index is 11.9. The van der Waals surface area contributed by atoms with E-state index in [-0.39, 0.29) is 5.91 Å². The summed E-state index contributed by atoms with van der Waals surface area (Å²) in [5.74, 6) is 0.748. The molecule has 0 bridgehead atoms. The molecule has 3 N–H and O–H groups in total. The minimum Gasteiger partial charge on any atom is -0.357 e. The van der Waals surface area contributed by atoms with Crippen LogP contribution in [-0.2, 0) is 17.8 Å². The van der Waals surface area contributed by atoms with Crippen LogP contribution in [0.4, 0.5) is 5.69 Å². The van der Waals surface area contributed by atoms with Crippen molar-refractivity contribution < 1.29 is 4.79 Å². The zero-order valence-corrected chi connectivity index (χ0v) is 18.8. The number of carbonyl (C=O) groups is 1. The number of nitrogens with zero attached hydrogens (tertiary/aromatic N) is 3. The van der Waals surface area contributed by atoms with E-state index in [2.05, 4.69) is 32.9 Å². The number of amides is 1. The fourth-order valence-electron chi connectivity index (χ4n) is 2.68. The van der Waals surface area contributed by atoms with E-state index in [1.807, 2.05) is 57.1 Å². The van der Waals surface area contributed by atoms with E-state index >= 15 is 0 Å². The molecule has 7 nitrogen and oxygen atoms in total. The fourth-order valence-corrected chi connectivity index (χ4v) is 3.61. The number of anilines is 1. The molecule has 0 aliphatic heterocycles. The Morgan fingerprint density at radius 2 is 2.03 bits per heavy atom. The van der Waals surface area contributed by atoms with E-state index in [1.165, 1.54) is 4.88 Å². The maximum absolute atomic E-state index is 11.9. The molecule has 0 atom stereocenters. The summed E-state index contributed by atoms with van der Waals surface area (Å²) in [6.45, 7) is 8.65. The van der Waals surface area contributed by atoms with Gasteiger partial charge in [0, 0.05) is 30.1 Å². The lowest BCUT2D eigenvalue weighted by Crippen LogP contribution is -2.38. The zero-order valence-electron chi connectivity index (χ0n) is 18.0. The van der Waals surface area contributed by atoms with Gasteiger partial charge in [-0.05, 0) is 52.6 Å². The van der Waals surface area contributed by atoms with Crippen molar-refractivity contribution in [2.24, 2.45) is 4.99 Å². The van der Waals surface area contributed by atoms with Crippen molar-refractivity contribution in [3.05, 3.63) is 45.4 Å². The molecule has 1 aromatic carbocycles. The monoisotopic (exact) mass is 416 g/mol. The number of aromatic nitrogens is 1. The number of hydrogen-bond acceptors (Lipinski definition) is 5. The first-order valence-electron chi connectivity index (χ1n) is 9.86. The molecule has 1 amide bonds. The van der Waals surface area contributed by atoms with Gasteiger partial charge in [0.1, 0.15) is 0 Å². The first kappa shape index (κ1) is 22.8. The molecule has 0 radical (unpaired) electrons. The highest BCUT2D eigenvalue weighted by molar-refractivity contribution is 7.11. The Hall–Kier alpha value is -2.45. The van der Waals surface area contributed by atoms with Crippen LogP contribution in [0.5, 0.6) is 0 Å². The Kier molecular flexibility index (Phi) is 9.08. The van der Waals surface area contributed by atoms with Gasteiger partial charge in [0.2, 0.25) is 5.91 Å². The van der Waals surface area contributed by atoms with E-state index in [9.17, 15) is 4.79 Å². The molecule has 1 heterocycles. The Balaban J connectivity index is 1.91. The normalized spacial score (nSPS) is 11.6. The lowest BCUT2D eigenvalue weighted by molar-refractivity contribution is -0.116. The van der Waals surface area contributed by atoms with E-state index in [4.69, 9.17) is 0 Å². The summed E-state index contributed by atoms with van der Waals surface area (Å²) in [5.41, 5.74) is 2.94. The molecule has 2 aromatic rings. The smallest absolute Gasteiger partial charge is 0.238 e. The summed E-state index contributed by atoms with van der Waals surface area (Å²) in [7, 11) is 3.74. The number of nitrogens with one attached hydrogen (secondary N) is 3. The average Bonchev–Trinajstić information content (AvgIpc) is 2.97. The Bertz CT molecular complexity index is 811. The van der Waals surface area contributed by atoms with Crippen molar-refractivity contribution in [2.45, 2.75) is 33.7 Å². The van der Waals surface area contributed by atoms with Gasteiger partial charge in [0.25, 0.3) is 0 Å². The lowest BCUT2D eigenvalue weighted by atomic mass is 10.2. The number of benzene rings is 1. The summed E-state index contributed by atoms with van der Waals surface area (Å²) in [4.78, 5) is 24.3. The van der Waals surface area contributed by atoms with Crippen LogP contribution >= 0.6 is 11.3 Å². The van der Waals surface area contributed by atoms with Gasteiger partial charge in [0.15, 0.2) is 5.96 Å².